The van der Waals surface area contributed by atoms with Crippen LogP contribution in [0.25, 0.3) is 0 Å². The van der Waals surface area contributed by atoms with Gasteiger partial charge >= 0.3 is 5.97 Å². The summed E-state index contributed by atoms with van der Waals surface area (Å²) >= 11 is 0. The Balaban J connectivity index is 2.01. The quantitative estimate of drug-likeness (QED) is 0.692. The minimum absolute atomic E-state index is 0.00799. The van der Waals surface area contributed by atoms with Crippen LogP contribution in [0.5, 0.6) is 0 Å². The number of nitrogens with zero attached hydrogens (tertiary/aromatic N) is 2. The van der Waals surface area contributed by atoms with E-state index >= 15 is 0 Å². The highest BCUT2D eigenvalue weighted by molar-refractivity contribution is 5.80. The summed E-state index contributed by atoms with van der Waals surface area (Å²) in [6.07, 6.45) is 4.22. The molecule has 1 amide bonds. The molecule has 0 spiro atoms. The number of aliphatic hydroxyl groups is 1. The van der Waals surface area contributed by atoms with Crippen molar-refractivity contribution in [1.82, 2.24) is 15.1 Å². The van der Waals surface area contributed by atoms with Crippen molar-refractivity contribution in [3.63, 3.8) is 0 Å². The maximum absolute atomic E-state index is 11.7. The molecule has 1 aromatic rings. The van der Waals surface area contributed by atoms with Crippen LogP contribution >= 0.6 is 0 Å². The molecule has 0 saturated heterocycles. The van der Waals surface area contributed by atoms with E-state index < -0.39 is 5.97 Å². The summed E-state index contributed by atoms with van der Waals surface area (Å²) in [7, 11) is 0. The Kier molecular flexibility index (Phi) is 4.73. The van der Waals surface area contributed by atoms with E-state index in [0.29, 0.717) is 6.54 Å². The minimum atomic E-state index is -0.972. The van der Waals surface area contributed by atoms with Gasteiger partial charge in [0.15, 0.2) is 0 Å². The molecule has 1 aliphatic carbocycles. The highest BCUT2D eigenvalue weighted by Crippen LogP contribution is 2.29. The van der Waals surface area contributed by atoms with Gasteiger partial charge in [0.25, 0.3) is 0 Å². The summed E-state index contributed by atoms with van der Waals surface area (Å²) in [5.41, 5.74) is 2.03. The molecule has 1 aliphatic rings. The summed E-state index contributed by atoms with van der Waals surface area (Å²) in [4.78, 5) is 22.2. The first-order valence-electron chi connectivity index (χ1n) is 6.78. The van der Waals surface area contributed by atoms with Crippen LogP contribution in [-0.2, 0) is 22.6 Å². The third-order valence-corrected chi connectivity index (χ3v) is 3.48. The van der Waals surface area contributed by atoms with Crippen LogP contribution in [0.1, 0.15) is 43.0 Å². The van der Waals surface area contributed by atoms with Crippen LogP contribution in [0, 0.1) is 0 Å². The number of amides is 1. The average Bonchev–Trinajstić information content (AvgIpc) is 2.82. The smallest absolute Gasteiger partial charge is 0.303 e. The number of fused-ring (bicyclic) bond motifs is 1. The number of hydrogen-bond acceptors (Lipinski definition) is 4. The van der Waals surface area contributed by atoms with Crippen LogP contribution in [-0.4, -0.2) is 38.5 Å². The van der Waals surface area contributed by atoms with Gasteiger partial charge in [0, 0.05) is 17.7 Å². The van der Waals surface area contributed by atoms with Crippen LogP contribution in [0.2, 0.25) is 0 Å². The first-order chi connectivity index (χ1) is 9.61. The van der Waals surface area contributed by atoms with Gasteiger partial charge in [-0.05, 0) is 19.3 Å². The molecule has 0 aromatic carbocycles. The molecule has 7 heteroatoms. The first-order valence-corrected chi connectivity index (χ1v) is 6.78. The largest absolute Gasteiger partial charge is 0.481 e. The zero-order chi connectivity index (χ0) is 14.5. The summed E-state index contributed by atoms with van der Waals surface area (Å²) in [6.45, 7) is 0.485. The molecule has 3 N–H and O–H groups in total. The van der Waals surface area contributed by atoms with Crippen LogP contribution < -0.4 is 5.32 Å². The predicted octanol–water partition coefficient (Wildman–Crippen LogP) is 0.234. The Morgan fingerprint density at radius 3 is 2.95 bits per heavy atom. The molecule has 0 bridgehead atoms. The predicted molar refractivity (Wildman–Crippen MR) is 70.0 cm³/mol. The second kappa shape index (κ2) is 6.51. The molecule has 7 nitrogen and oxygen atoms in total. The lowest BCUT2D eigenvalue weighted by molar-refractivity contribution is -0.138. The Morgan fingerprint density at radius 2 is 2.25 bits per heavy atom. The second-order valence-electron chi connectivity index (χ2n) is 4.90. The minimum Gasteiger partial charge on any atom is -0.481 e. The molecular weight excluding hydrogens is 262 g/mol. The van der Waals surface area contributed by atoms with Gasteiger partial charge in [0.05, 0.1) is 31.8 Å². The van der Waals surface area contributed by atoms with Gasteiger partial charge in [0.2, 0.25) is 5.91 Å². The van der Waals surface area contributed by atoms with Gasteiger partial charge in [-0.1, -0.05) is 0 Å². The number of aromatic nitrogens is 2. The Morgan fingerprint density at radius 1 is 1.45 bits per heavy atom. The average molecular weight is 281 g/mol. The molecule has 0 saturated carbocycles. The van der Waals surface area contributed by atoms with E-state index in [4.69, 9.17) is 10.2 Å². The summed E-state index contributed by atoms with van der Waals surface area (Å²) in [5, 5.41) is 24.7. The molecular formula is C13H19N3O4. The van der Waals surface area contributed by atoms with Crippen molar-refractivity contribution in [2.45, 2.75) is 44.7 Å². The molecule has 20 heavy (non-hydrogen) atoms. The van der Waals surface area contributed by atoms with E-state index in [1.54, 1.807) is 10.9 Å². The van der Waals surface area contributed by atoms with Crippen LogP contribution in [0.4, 0.5) is 0 Å². The zero-order valence-electron chi connectivity index (χ0n) is 11.2. The molecule has 2 rings (SSSR count). The topological polar surface area (TPSA) is 104 Å². The number of hydrogen-bond donors (Lipinski definition) is 3. The Labute approximate surface area is 116 Å². The Hall–Kier alpha value is -1.89. The highest BCUT2D eigenvalue weighted by Gasteiger charge is 2.25. The molecule has 1 heterocycles. The van der Waals surface area contributed by atoms with E-state index in [1.165, 1.54) is 0 Å². The van der Waals surface area contributed by atoms with Crippen molar-refractivity contribution in [2.75, 3.05) is 6.61 Å². The number of aliphatic carboxylic acids is 1. The molecule has 0 fully saturated rings. The van der Waals surface area contributed by atoms with Crippen molar-refractivity contribution in [3.8, 4) is 0 Å². The van der Waals surface area contributed by atoms with Crippen molar-refractivity contribution < 1.29 is 19.8 Å². The van der Waals surface area contributed by atoms with Gasteiger partial charge in [-0.15, -0.1) is 0 Å². The summed E-state index contributed by atoms with van der Waals surface area (Å²) in [6, 6.07) is -0.104. The molecule has 1 atom stereocenters. The fourth-order valence-electron chi connectivity index (χ4n) is 2.54. The number of carboxylic acid groups (broad SMARTS) is 1. The second-order valence-corrected chi connectivity index (χ2v) is 4.90. The SMILES string of the molecule is O=C(O)CCC(=O)NC1CCCc2c1cnn2CCO. The van der Waals surface area contributed by atoms with Crippen molar-refractivity contribution in [2.24, 2.45) is 0 Å². The number of aliphatic hydroxyl groups excluding tert-OH is 1. The number of carbonyl (C=O) groups is 2. The lowest BCUT2D eigenvalue weighted by Gasteiger charge is -2.24. The normalized spacial score (nSPS) is 17.6. The van der Waals surface area contributed by atoms with Gasteiger partial charge < -0.3 is 15.5 Å². The molecule has 1 unspecified atom stereocenters. The first kappa shape index (κ1) is 14.5. The van der Waals surface area contributed by atoms with Crippen molar-refractivity contribution in [3.05, 3.63) is 17.5 Å². The van der Waals surface area contributed by atoms with E-state index in [2.05, 4.69) is 10.4 Å². The maximum Gasteiger partial charge on any atom is 0.303 e. The van der Waals surface area contributed by atoms with E-state index in [9.17, 15) is 9.59 Å². The van der Waals surface area contributed by atoms with E-state index in [-0.39, 0.29) is 31.4 Å². The molecule has 0 radical (unpaired) electrons. The highest BCUT2D eigenvalue weighted by atomic mass is 16.4. The Bertz CT molecular complexity index is 498. The molecule has 1 aromatic heterocycles. The monoisotopic (exact) mass is 281 g/mol. The van der Waals surface area contributed by atoms with E-state index in [0.717, 1.165) is 30.5 Å². The van der Waals surface area contributed by atoms with Gasteiger partial charge in [-0.2, -0.15) is 5.10 Å². The zero-order valence-corrected chi connectivity index (χ0v) is 11.2. The van der Waals surface area contributed by atoms with Crippen molar-refractivity contribution >= 4 is 11.9 Å². The fraction of sp³-hybridized carbons (Fsp3) is 0.615. The van der Waals surface area contributed by atoms with Crippen LogP contribution in [0.3, 0.4) is 0 Å². The van der Waals surface area contributed by atoms with Gasteiger partial charge in [0.1, 0.15) is 0 Å². The summed E-state index contributed by atoms with van der Waals surface area (Å²) < 4.78 is 1.77. The molecule has 0 aliphatic heterocycles. The fourth-order valence-corrected chi connectivity index (χ4v) is 2.54. The summed E-state index contributed by atoms with van der Waals surface area (Å²) in [5.74, 6) is -1.22. The third kappa shape index (κ3) is 3.36. The molecule has 110 valence electrons. The van der Waals surface area contributed by atoms with Crippen LogP contribution in [0.15, 0.2) is 6.20 Å². The maximum atomic E-state index is 11.7. The van der Waals surface area contributed by atoms with E-state index in [1.807, 2.05) is 0 Å². The lowest BCUT2D eigenvalue weighted by atomic mass is 9.93. The number of carboxylic acids is 1. The van der Waals surface area contributed by atoms with Gasteiger partial charge in [-0.25, -0.2) is 0 Å². The number of nitrogens with one attached hydrogen (secondary N) is 1. The lowest BCUT2D eigenvalue weighted by Crippen LogP contribution is -2.31. The number of rotatable bonds is 6. The standard InChI is InChI=1S/C13H19N3O4/c17-7-6-16-11-3-1-2-10(9(11)8-14-16)15-12(18)4-5-13(19)20/h8,10,17H,1-7H2,(H,15,18)(H,19,20). The third-order valence-electron chi connectivity index (χ3n) is 3.48. The van der Waals surface area contributed by atoms with Gasteiger partial charge in [-0.3, -0.25) is 14.3 Å². The number of carbonyl (C=O) groups excluding carboxylic acids is 1. The van der Waals surface area contributed by atoms with Crippen molar-refractivity contribution in [1.29, 1.82) is 0 Å².